The smallest absolute Gasteiger partial charge is 0.0373 e. The van der Waals surface area contributed by atoms with Gasteiger partial charge in [-0.2, -0.15) is 0 Å². The van der Waals surface area contributed by atoms with E-state index in [0.717, 1.165) is 11.6 Å². The predicted molar refractivity (Wildman–Crippen MR) is 70.7 cm³/mol. The van der Waals surface area contributed by atoms with Crippen molar-refractivity contribution >= 4 is 5.57 Å². The third kappa shape index (κ3) is 2.27. The fourth-order valence-corrected chi connectivity index (χ4v) is 3.04. The van der Waals surface area contributed by atoms with Gasteiger partial charge in [-0.25, -0.2) is 0 Å². The molecule has 90 valence electrons. The number of aromatic nitrogens is 1. The van der Waals surface area contributed by atoms with Gasteiger partial charge in [0.1, 0.15) is 0 Å². The van der Waals surface area contributed by atoms with E-state index in [0.29, 0.717) is 6.04 Å². The quantitative estimate of drug-likeness (QED) is 0.799. The Balaban J connectivity index is 1.84. The van der Waals surface area contributed by atoms with Gasteiger partial charge in [0.25, 0.3) is 0 Å². The highest BCUT2D eigenvalue weighted by Gasteiger charge is 2.27. The number of nitrogens with one attached hydrogen (secondary N) is 1. The number of allylic oxidation sites excluding steroid dienone is 1. The van der Waals surface area contributed by atoms with E-state index in [1.54, 1.807) is 0 Å². The van der Waals surface area contributed by atoms with Crippen LogP contribution < -0.4 is 5.32 Å². The van der Waals surface area contributed by atoms with Crippen LogP contribution in [0.4, 0.5) is 0 Å². The molecule has 2 heteroatoms. The average molecular weight is 228 g/mol. The molecule has 1 fully saturated rings. The van der Waals surface area contributed by atoms with Crippen LogP contribution in [0.5, 0.6) is 0 Å². The summed E-state index contributed by atoms with van der Waals surface area (Å²) < 4.78 is 0. The summed E-state index contributed by atoms with van der Waals surface area (Å²) in [6.07, 6.45) is 9.75. The van der Waals surface area contributed by atoms with Crippen LogP contribution in [0, 0.1) is 12.8 Å². The van der Waals surface area contributed by atoms with E-state index in [1.807, 2.05) is 13.1 Å². The lowest BCUT2D eigenvalue weighted by Gasteiger charge is -2.35. The number of fused-ring (bicyclic) bond motifs is 1. The molecule has 1 saturated heterocycles. The Kier molecular flexibility index (Phi) is 2.98. The lowest BCUT2D eigenvalue weighted by atomic mass is 9.79. The monoisotopic (exact) mass is 228 g/mol. The number of hydrogen-bond donors (Lipinski definition) is 1. The van der Waals surface area contributed by atoms with Crippen molar-refractivity contribution in [3.05, 3.63) is 35.7 Å². The Morgan fingerprint density at radius 2 is 2.24 bits per heavy atom. The van der Waals surface area contributed by atoms with Crippen molar-refractivity contribution in [2.75, 3.05) is 6.54 Å². The summed E-state index contributed by atoms with van der Waals surface area (Å²) in [6, 6.07) is 4.92. The minimum Gasteiger partial charge on any atom is -0.310 e. The first kappa shape index (κ1) is 11.0. The Morgan fingerprint density at radius 1 is 1.29 bits per heavy atom. The van der Waals surface area contributed by atoms with Crippen molar-refractivity contribution in [2.24, 2.45) is 5.92 Å². The Morgan fingerprint density at radius 3 is 3.06 bits per heavy atom. The summed E-state index contributed by atoms with van der Waals surface area (Å²) >= 11 is 0. The summed E-state index contributed by atoms with van der Waals surface area (Å²) in [5.74, 6) is 0.867. The van der Waals surface area contributed by atoms with E-state index in [1.165, 1.54) is 43.4 Å². The van der Waals surface area contributed by atoms with Crippen LogP contribution in [0.25, 0.3) is 5.57 Å². The summed E-state index contributed by atoms with van der Waals surface area (Å²) in [6.45, 7) is 3.22. The van der Waals surface area contributed by atoms with E-state index in [-0.39, 0.29) is 0 Å². The molecular formula is C15H20N2. The van der Waals surface area contributed by atoms with Gasteiger partial charge >= 0.3 is 0 Å². The zero-order valence-electron chi connectivity index (χ0n) is 10.4. The van der Waals surface area contributed by atoms with E-state index in [4.69, 9.17) is 0 Å². The second-order valence-corrected chi connectivity index (χ2v) is 5.30. The molecule has 0 bridgehead atoms. The second kappa shape index (κ2) is 4.61. The molecular weight excluding hydrogens is 208 g/mol. The molecule has 2 atom stereocenters. The van der Waals surface area contributed by atoms with Crippen LogP contribution in [0.15, 0.2) is 24.4 Å². The summed E-state index contributed by atoms with van der Waals surface area (Å²) in [4.78, 5) is 4.40. The maximum Gasteiger partial charge on any atom is 0.0373 e. The highest BCUT2D eigenvalue weighted by Crippen LogP contribution is 2.33. The fraction of sp³-hybridized carbons (Fsp3) is 0.533. The molecule has 1 N–H and O–H groups in total. The Labute approximate surface area is 103 Å². The maximum atomic E-state index is 4.40. The second-order valence-electron chi connectivity index (χ2n) is 5.30. The third-order valence-corrected chi connectivity index (χ3v) is 4.09. The predicted octanol–water partition coefficient (Wildman–Crippen LogP) is 2.94. The molecule has 0 spiro atoms. The van der Waals surface area contributed by atoms with Crippen molar-refractivity contribution in [3.63, 3.8) is 0 Å². The van der Waals surface area contributed by atoms with Crippen molar-refractivity contribution in [1.29, 1.82) is 0 Å². The number of piperidine rings is 1. The van der Waals surface area contributed by atoms with E-state index >= 15 is 0 Å². The first-order valence-corrected chi connectivity index (χ1v) is 6.70. The van der Waals surface area contributed by atoms with Crippen LogP contribution in [-0.2, 0) is 0 Å². The topological polar surface area (TPSA) is 24.9 Å². The van der Waals surface area contributed by atoms with Crippen molar-refractivity contribution in [1.82, 2.24) is 10.3 Å². The number of hydrogen-bond acceptors (Lipinski definition) is 2. The summed E-state index contributed by atoms with van der Waals surface area (Å²) in [5, 5.41) is 3.64. The zero-order valence-corrected chi connectivity index (χ0v) is 10.4. The highest BCUT2D eigenvalue weighted by molar-refractivity contribution is 5.66. The van der Waals surface area contributed by atoms with Crippen LogP contribution in [0.3, 0.4) is 0 Å². The minimum atomic E-state index is 0.605. The minimum absolute atomic E-state index is 0.605. The van der Waals surface area contributed by atoms with Gasteiger partial charge in [0.05, 0.1) is 0 Å². The van der Waals surface area contributed by atoms with E-state index in [2.05, 4.69) is 28.5 Å². The molecule has 2 aliphatic rings. The molecule has 0 aromatic carbocycles. The van der Waals surface area contributed by atoms with Gasteiger partial charge in [-0.15, -0.1) is 0 Å². The maximum absolute atomic E-state index is 4.40. The number of aryl methyl sites for hydroxylation is 1. The van der Waals surface area contributed by atoms with Crippen molar-refractivity contribution < 1.29 is 0 Å². The largest absolute Gasteiger partial charge is 0.310 e. The average Bonchev–Trinajstić information content (AvgIpc) is 2.39. The molecule has 17 heavy (non-hydrogen) atoms. The van der Waals surface area contributed by atoms with Gasteiger partial charge in [-0.05, 0) is 62.3 Å². The molecule has 0 amide bonds. The van der Waals surface area contributed by atoms with Crippen molar-refractivity contribution in [3.8, 4) is 0 Å². The molecule has 2 nitrogen and oxygen atoms in total. The molecule has 1 aromatic rings. The van der Waals surface area contributed by atoms with Gasteiger partial charge in [-0.1, -0.05) is 12.1 Å². The molecule has 1 aliphatic heterocycles. The first-order chi connectivity index (χ1) is 8.33. The molecule has 2 unspecified atom stereocenters. The van der Waals surface area contributed by atoms with Gasteiger partial charge in [-0.3, -0.25) is 4.98 Å². The fourth-order valence-electron chi connectivity index (χ4n) is 3.04. The molecule has 1 aromatic heterocycles. The van der Waals surface area contributed by atoms with Gasteiger partial charge < -0.3 is 5.32 Å². The lowest BCUT2D eigenvalue weighted by molar-refractivity contribution is 0.298. The van der Waals surface area contributed by atoms with Gasteiger partial charge in [0, 0.05) is 17.9 Å². The summed E-state index contributed by atoms with van der Waals surface area (Å²) in [7, 11) is 0. The molecule has 1 aliphatic carbocycles. The first-order valence-electron chi connectivity index (χ1n) is 6.70. The highest BCUT2D eigenvalue weighted by atomic mass is 14.9. The third-order valence-electron chi connectivity index (χ3n) is 4.09. The zero-order chi connectivity index (χ0) is 11.7. The Bertz CT molecular complexity index is 419. The number of pyridine rings is 1. The van der Waals surface area contributed by atoms with E-state index in [9.17, 15) is 0 Å². The van der Waals surface area contributed by atoms with Gasteiger partial charge in [0.2, 0.25) is 0 Å². The Hall–Kier alpha value is -1.15. The SMILES string of the molecule is Cc1ccc(C2=CC3NCCCC3CC2)cn1. The standard InChI is InChI=1S/C15H20N2/c1-11-4-5-14(10-17-11)13-7-6-12-3-2-8-16-15(12)9-13/h4-5,9-10,12,15-16H,2-3,6-8H2,1H3. The van der Waals surface area contributed by atoms with Crippen LogP contribution in [0.1, 0.15) is 36.9 Å². The number of rotatable bonds is 1. The molecule has 0 saturated carbocycles. The molecule has 3 rings (SSSR count). The van der Waals surface area contributed by atoms with Gasteiger partial charge in [0.15, 0.2) is 0 Å². The number of nitrogens with zero attached hydrogens (tertiary/aromatic N) is 1. The van der Waals surface area contributed by atoms with Crippen molar-refractivity contribution in [2.45, 2.75) is 38.6 Å². The lowest BCUT2D eigenvalue weighted by Crippen LogP contribution is -2.41. The normalized spacial score (nSPS) is 28.4. The molecule has 0 radical (unpaired) electrons. The van der Waals surface area contributed by atoms with E-state index < -0.39 is 0 Å². The van der Waals surface area contributed by atoms with Crippen LogP contribution in [0.2, 0.25) is 0 Å². The molecule has 2 heterocycles. The van der Waals surface area contributed by atoms with Crippen LogP contribution in [-0.4, -0.2) is 17.6 Å². The summed E-state index contributed by atoms with van der Waals surface area (Å²) in [5.41, 5.74) is 3.88. The van der Waals surface area contributed by atoms with Crippen LogP contribution >= 0.6 is 0 Å².